The smallest absolute Gasteiger partial charge is 0.242 e. The fourth-order valence-electron chi connectivity index (χ4n) is 2.97. The minimum Gasteiger partial charge on any atom is -0.356 e. The minimum absolute atomic E-state index is 0.258. The van der Waals surface area contributed by atoms with Crippen LogP contribution in [0, 0.1) is 11.3 Å². The van der Waals surface area contributed by atoms with Crippen LogP contribution < -0.4 is 9.62 Å². The van der Waals surface area contributed by atoms with Crippen molar-refractivity contribution in [3.8, 4) is 0 Å². The molecule has 0 spiro atoms. The Morgan fingerprint density at radius 2 is 2.14 bits per heavy atom. The molecule has 0 aromatic carbocycles. The van der Waals surface area contributed by atoms with Crippen LogP contribution in [0.5, 0.6) is 0 Å². The van der Waals surface area contributed by atoms with Crippen LogP contribution in [-0.2, 0) is 10.0 Å². The van der Waals surface area contributed by atoms with Gasteiger partial charge in [-0.05, 0) is 49.1 Å². The van der Waals surface area contributed by atoms with Crippen molar-refractivity contribution in [3.05, 3.63) is 18.3 Å². The molecule has 2 fully saturated rings. The molecule has 0 radical (unpaired) electrons. The second-order valence-electron chi connectivity index (χ2n) is 7.34. The standard InChI is InChI=1S/C16H25N3O2S/c1-16(2)8-3-9-19(12-16)15-7-6-14(11-17-15)22(20,21)18-10-13-4-5-13/h6-7,11,13,18H,3-5,8-10,12H2,1-2H3. The van der Waals surface area contributed by atoms with Crippen LogP contribution in [-0.4, -0.2) is 33.0 Å². The van der Waals surface area contributed by atoms with Gasteiger partial charge in [-0.2, -0.15) is 0 Å². The molecule has 6 heteroatoms. The van der Waals surface area contributed by atoms with E-state index in [2.05, 4.69) is 28.5 Å². The summed E-state index contributed by atoms with van der Waals surface area (Å²) in [5, 5.41) is 0. The van der Waals surface area contributed by atoms with Crippen molar-refractivity contribution in [2.75, 3.05) is 24.5 Å². The molecule has 0 unspecified atom stereocenters. The zero-order valence-corrected chi connectivity index (χ0v) is 14.2. The first-order valence-electron chi connectivity index (χ1n) is 8.06. The van der Waals surface area contributed by atoms with Crippen LogP contribution in [0.15, 0.2) is 23.2 Å². The summed E-state index contributed by atoms with van der Waals surface area (Å²) in [6.45, 7) is 7.03. The second kappa shape index (κ2) is 5.81. The SMILES string of the molecule is CC1(C)CCCN(c2ccc(S(=O)(=O)NCC3CC3)cn2)C1. The Labute approximate surface area is 133 Å². The number of anilines is 1. The van der Waals surface area contributed by atoms with Crippen molar-refractivity contribution in [1.82, 2.24) is 9.71 Å². The van der Waals surface area contributed by atoms with Gasteiger partial charge < -0.3 is 4.90 Å². The highest BCUT2D eigenvalue weighted by Crippen LogP contribution is 2.31. The van der Waals surface area contributed by atoms with Crippen molar-refractivity contribution in [3.63, 3.8) is 0 Å². The quantitative estimate of drug-likeness (QED) is 0.904. The Hall–Kier alpha value is -1.14. The summed E-state index contributed by atoms with van der Waals surface area (Å²) in [5.41, 5.74) is 0.288. The largest absolute Gasteiger partial charge is 0.356 e. The number of hydrogen-bond acceptors (Lipinski definition) is 4. The zero-order chi connectivity index (χ0) is 15.8. The summed E-state index contributed by atoms with van der Waals surface area (Å²) in [6.07, 6.45) is 6.11. The summed E-state index contributed by atoms with van der Waals surface area (Å²) in [4.78, 5) is 6.89. The molecule has 122 valence electrons. The fourth-order valence-corrected chi connectivity index (χ4v) is 4.03. The topological polar surface area (TPSA) is 62.3 Å². The second-order valence-corrected chi connectivity index (χ2v) is 9.10. The Morgan fingerprint density at radius 1 is 1.36 bits per heavy atom. The normalized spacial score (nSPS) is 21.8. The van der Waals surface area contributed by atoms with Crippen LogP contribution in [0.3, 0.4) is 0 Å². The van der Waals surface area contributed by atoms with Gasteiger partial charge in [-0.25, -0.2) is 18.1 Å². The van der Waals surface area contributed by atoms with Crippen molar-refractivity contribution in [2.24, 2.45) is 11.3 Å². The minimum atomic E-state index is -3.42. The van der Waals surface area contributed by atoms with Gasteiger partial charge in [0, 0.05) is 25.8 Å². The molecule has 2 aliphatic rings. The highest BCUT2D eigenvalue weighted by Gasteiger charge is 2.28. The number of piperidine rings is 1. The maximum atomic E-state index is 12.2. The summed E-state index contributed by atoms with van der Waals surface area (Å²) in [5.74, 6) is 1.39. The van der Waals surface area contributed by atoms with E-state index in [9.17, 15) is 8.42 Å². The van der Waals surface area contributed by atoms with Gasteiger partial charge >= 0.3 is 0 Å². The monoisotopic (exact) mass is 323 g/mol. The first-order valence-corrected chi connectivity index (χ1v) is 9.55. The van der Waals surface area contributed by atoms with Crippen LogP contribution >= 0.6 is 0 Å². The number of aromatic nitrogens is 1. The number of hydrogen-bond donors (Lipinski definition) is 1. The van der Waals surface area contributed by atoms with Gasteiger partial charge in [-0.3, -0.25) is 0 Å². The average molecular weight is 323 g/mol. The van der Waals surface area contributed by atoms with E-state index >= 15 is 0 Å². The molecule has 0 atom stereocenters. The Morgan fingerprint density at radius 3 is 2.73 bits per heavy atom. The highest BCUT2D eigenvalue weighted by molar-refractivity contribution is 7.89. The van der Waals surface area contributed by atoms with Crippen molar-refractivity contribution in [2.45, 2.75) is 44.4 Å². The van der Waals surface area contributed by atoms with Gasteiger partial charge in [0.1, 0.15) is 10.7 Å². The van der Waals surface area contributed by atoms with Crippen LogP contribution in [0.4, 0.5) is 5.82 Å². The van der Waals surface area contributed by atoms with E-state index in [0.29, 0.717) is 12.5 Å². The Balaban J connectivity index is 1.69. The van der Waals surface area contributed by atoms with E-state index in [0.717, 1.165) is 38.2 Å². The molecule has 3 rings (SSSR count). The zero-order valence-electron chi connectivity index (χ0n) is 13.4. The molecular formula is C16H25N3O2S. The molecular weight excluding hydrogens is 298 g/mol. The molecule has 1 saturated heterocycles. The lowest BCUT2D eigenvalue weighted by Crippen LogP contribution is -2.40. The number of rotatable bonds is 5. The van der Waals surface area contributed by atoms with Gasteiger partial charge in [-0.15, -0.1) is 0 Å². The fraction of sp³-hybridized carbons (Fsp3) is 0.688. The molecule has 1 aromatic rings. The van der Waals surface area contributed by atoms with Gasteiger partial charge in [0.05, 0.1) is 0 Å². The summed E-state index contributed by atoms with van der Waals surface area (Å²) < 4.78 is 27.0. The number of nitrogens with zero attached hydrogens (tertiary/aromatic N) is 2. The average Bonchev–Trinajstić information content (AvgIpc) is 3.29. The lowest BCUT2D eigenvalue weighted by molar-refractivity contribution is 0.292. The third-order valence-corrected chi connectivity index (χ3v) is 5.92. The van der Waals surface area contributed by atoms with E-state index in [1.54, 1.807) is 6.07 Å². The summed E-state index contributed by atoms with van der Waals surface area (Å²) in [6, 6.07) is 3.49. The van der Waals surface area contributed by atoms with E-state index in [1.807, 2.05) is 6.07 Å². The lowest BCUT2D eigenvalue weighted by Gasteiger charge is -2.38. The maximum Gasteiger partial charge on any atom is 0.242 e. The predicted molar refractivity (Wildman–Crippen MR) is 87.4 cm³/mol. The molecule has 1 N–H and O–H groups in total. The molecule has 0 amide bonds. The van der Waals surface area contributed by atoms with Gasteiger partial charge in [0.15, 0.2) is 0 Å². The highest BCUT2D eigenvalue weighted by atomic mass is 32.2. The Bertz CT molecular complexity index is 621. The molecule has 1 aromatic heterocycles. The first kappa shape index (κ1) is 15.7. The lowest BCUT2D eigenvalue weighted by atomic mass is 9.84. The number of pyridine rings is 1. The third-order valence-electron chi connectivity index (χ3n) is 4.51. The molecule has 1 saturated carbocycles. The summed E-state index contributed by atoms with van der Waals surface area (Å²) in [7, 11) is -3.42. The number of sulfonamides is 1. The van der Waals surface area contributed by atoms with E-state index in [1.165, 1.54) is 12.6 Å². The maximum absolute atomic E-state index is 12.2. The predicted octanol–water partition coefficient (Wildman–Crippen LogP) is 2.40. The van der Waals surface area contributed by atoms with E-state index < -0.39 is 10.0 Å². The first-order chi connectivity index (χ1) is 10.4. The van der Waals surface area contributed by atoms with Gasteiger partial charge in [-0.1, -0.05) is 13.8 Å². The van der Waals surface area contributed by atoms with Crippen molar-refractivity contribution < 1.29 is 8.42 Å². The molecule has 2 heterocycles. The van der Waals surface area contributed by atoms with Crippen LogP contribution in [0.25, 0.3) is 0 Å². The van der Waals surface area contributed by atoms with Gasteiger partial charge in [0.2, 0.25) is 10.0 Å². The Kier molecular flexibility index (Phi) is 4.16. The molecule has 22 heavy (non-hydrogen) atoms. The third kappa shape index (κ3) is 3.79. The van der Waals surface area contributed by atoms with Crippen LogP contribution in [0.2, 0.25) is 0 Å². The molecule has 1 aliphatic heterocycles. The number of nitrogens with one attached hydrogen (secondary N) is 1. The van der Waals surface area contributed by atoms with Crippen molar-refractivity contribution >= 4 is 15.8 Å². The molecule has 1 aliphatic carbocycles. The van der Waals surface area contributed by atoms with Crippen LogP contribution in [0.1, 0.15) is 39.5 Å². The molecule has 0 bridgehead atoms. The summed E-state index contributed by atoms with van der Waals surface area (Å²) >= 11 is 0. The molecule has 5 nitrogen and oxygen atoms in total. The van der Waals surface area contributed by atoms with Gasteiger partial charge in [0.25, 0.3) is 0 Å². The van der Waals surface area contributed by atoms with Crippen molar-refractivity contribution in [1.29, 1.82) is 0 Å². The van der Waals surface area contributed by atoms with E-state index in [-0.39, 0.29) is 10.3 Å². The van der Waals surface area contributed by atoms with E-state index in [4.69, 9.17) is 0 Å².